The van der Waals surface area contributed by atoms with Crippen molar-refractivity contribution in [2.75, 3.05) is 6.61 Å². The van der Waals surface area contributed by atoms with E-state index in [1.807, 2.05) is 62.5 Å². The van der Waals surface area contributed by atoms with Crippen LogP contribution in [0.2, 0.25) is 0 Å². The molecule has 0 fully saturated rings. The molecule has 0 saturated carbocycles. The van der Waals surface area contributed by atoms with E-state index in [2.05, 4.69) is 10.9 Å². The molecule has 0 unspecified atom stereocenters. The first-order chi connectivity index (χ1) is 12.6. The van der Waals surface area contributed by atoms with Gasteiger partial charge in [-0.2, -0.15) is 0 Å². The molecular weight excluding hydrogens is 330 g/mol. The summed E-state index contributed by atoms with van der Waals surface area (Å²) in [5, 5.41) is 0.964. The zero-order chi connectivity index (χ0) is 18.5. The van der Waals surface area contributed by atoms with E-state index in [4.69, 9.17) is 4.74 Å². The Bertz CT molecular complexity index is 946. The molecule has 6 nitrogen and oxygen atoms in total. The topological polar surface area (TPSA) is 72.4 Å². The van der Waals surface area contributed by atoms with Crippen LogP contribution in [0.1, 0.15) is 23.0 Å². The number of amides is 2. The number of ether oxygens (including phenoxy) is 1. The van der Waals surface area contributed by atoms with E-state index in [-0.39, 0.29) is 12.5 Å². The van der Waals surface area contributed by atoms with Crippen molar-refractivity contribution in [3.8, 4) is 5.75 Å². The van der Waals surface area contributed by atoms with Crippen molar-refractivity contribution in [1.82, 2.24) is 15.4 Å². The predicted molar refractivity (Wildman–Crippen MR) is 99.8 cm³/mol. The number of aryl methyl sites for hydroxylation is 2. The molecule has 0 atom stereocenters. The molecule has 0 saturated heterocycles. The van der Waals surface area contributed by atoms with Crippen molar-refractivity contribution < 1.29 is 14.3 Å². The van der Waals surface area contributed by atoms with E-state index in [0.717, 1.165) is 22.9 Å². The van der Waals surface area contributed by atoms with E-state index in [1.165, 1.54) is 0 Å². The van der Waals surface area contributed by atoms with Crippen LogP contribution in [0.25, 0.3) is 10.9 Å². The smallest absolute Gasteiger partial charge is 0.286 e. The second-order valence-corrected chi connectivity index (χ2v) is 5.90. The van der Waals surface area contributed by atoms with Crippen molar-refractivity contribution in [2.24, 2.45) is 7.05 Å². The highest BCUT2D eigenvalue weighted by Crippen LogP contribution is 2.19. The van der Waals surface area contributed by atoms with Crippen molar-refractivity contribution in [2.45, 2.75) is 13.3 Å². The summed E-state index contributed by atoms with van der Waals surface area (Å²) < 4.78 is 7.31. The maximum atomic E-state index is 12.3. The van der Waals surface area contributed by atoms with Crippen molar-refractivity contribution in [3.05, 3.63) is 65.9 Å². The molecule has 0 aliphatic carbocycles. The number of fused-ring (bicyclic) bond motifs is 1. The summed E-state index contributed by atoms with van der Waals surface area (Å²) >= 11 is 0. The van der Waals surface area contributed by atoms with E-state index >= 15 is 0 Å². The summed E-state index contributed by atoms with van der Waals surface area (Å²) in [5.41, 5.74) is 7.25. The molecule has 3 rings (SSSR count). The van der Waals surface area contributed by atoms with E-state index in [0.29, 0.717) is 11.4 Å². The van der Waals surface area contributed by atoms with Gasteiger partial charge in [0.2, 0.25) is 0 Å². The molecule has 0 radical (unpaired) electrons. The van der Waals surface area contributed by atoms with Gasteiger partial charge in [0.05, 0.1) is 0 Å². The van der Waals surface area contributed by atoms with Crippen LogP contribution in [0, 0.1) is 0 Å². The van der Waals surface area contributed by atoms with Gasteiger partial charge in [0.1, 0.15) is 11.4 Å². The molecule has 0 aliphatic heterocycles. The first-order valence-corrected chi connectivity index (χ1v) is 8.44. The van der Waals surface area contributed by atoms with Gasteiger partial charge < -0.3 is 9.30 Å². The average Bonchev–Trinajstić information content (AvgIpc) is 3.01. The number of para-hydroxylation sites is 2. The lowest BCUT2D eigenvalue weighted by molar-refractivity contribution is -0.123. The minimum atomic E-state index is -0.428. The third kappa shape index (κ3) is 3.69. The average molecular weight is 351 g/mol. The van der Waals surface area contributed by atoms with Crippen LogP contribution in [0.4, 0.5) is 0 Å². The largest absolute Gasteiger partial charge is 0.483 e. The highest BCUT2D eigenvalue weighted by molar-refractivity contribution is 5.99. The first kappa shape index (κ1) is 17.5. The summed E-state index contributed by atoms with van der Waals surface area (Å²) in [5.74, 6) is -0.140. The molecule has 0 spiro atoms. The number of carbonyl (C=O) groups excluding carboxylic acids is 2. The van der Waals surface area contributed by atoms with Crippen molar-refractivity contribution in [1.29, 1.82) is 0 Å². The summed E-state index contributed by atoms with van der Waals surface area (Å²) in [7, 11) is 1.81. The first-order valence-electron chi connectivity index (χ1n) is 8.44. The number of hydrazine groups is 1. The molecule has 26 heavy (non-hydrogen) atoms. The maximum absolute atomic E-state index is 12.3. The molecule has 0 bridgehead atoms. The Kier molecular flexibility index (Phi) is 5.22. The number of hydrogen-bond acceptors (Lipinski definition) is 3. The minimum Gasteiger partial charge on any atom is -0.483 e. The van der Waals surface area contributed by atoms with Gasteiger partial charge >= 0.3 is 0 Å². The molecule has 2 amide bonds. The highest BCUT2D eigenvalue weighted by Gasteiger charge is 2.14. The minimum absolute atomic E-state index is 0.174. The van der Waals surface area contributed by atoms with Crippen LogP contribution in [0.15, 0.2) is 54.6 Å². The Hall–Kier alpha value is -3.28. The number of hydrogen-bond donors (Lipinski definition) is 2. The molecule has 1 aromatic heterocycles. The lowest BCUT2D eigenvalue weighted by atomic mass is 10.1. The van der Waals surface area contributed by atoms with Gasteiger partial charge in [-0.3, -0.25) is 20.4 Å². The Morgan fingerprint density at radius 1 is 1.04 bits per heavy atom. The zero-order valence-corrected chi connectivity index (χ0v) is 14.8. The van der Waals surface area contributed by atoms with Crippen LogP contribution in [-0.4, -0.2) is 23.0 Å². The molecular formula is C20H21N3O3. The standard InChI is InChI=1S/C20H21N3O3/c1-3-14-8-5-7-11-18(14)26-13-19(24)21-22-20(25)17-12-15-9-4-6-10-16(15)23(17)2/h4-12H,3,13H2,1-2H3,(H,21,24)(H,22,25). The molecule has 2 aromatic carbocycles. The third-order valence-corrected chi connectivity index (χ3v) is 4.21. The number of aromatic nitrogens is 1. The molecule has 2 N–H and O–H groups in total. The lowest BCUT2D eigenvalue weighted by Gasteiger charge is -2.11. The molecule has 3 aromatic rings. The van der Waals surface area contributed by atoms with Crippen LogP contribution in [0.3, 0.4) is 0 Å². The Labute approximate surface area is 151 Å². The lowest BCUT2D eigenvalue weighted by Crippen LogP contribution is -2.44. The normalized spacial score (nSPS) is 10.5. The second-order valence-electron chi connectivity index (χ2n) is 5.90. The monoisotopic (exact) mass is 351 g/mol. The van der Waals surface area contributed by atoms with Crippen molar-refractivity contribution >= 4 is 22.7 Å². The maximum Gasteiger partial charge on any atom is 0.286 e. The number of benzene rings is 2. The number of nitrogens with one attached hydrogen (secondary N) is 2. The van der Waals surface area contributed by atoms with Gasteiger partial charge in [-0.15, -0.1) is 0 Å². The van der Waals surface area contributed by atoms with Gasteiger partial charge in [0, 0.05) is 18.0 Å². The predicted octanol–water partition coefficient (Wildman–Crippen LogP) is 2.58. The molecule has 134 valence electrons. The van der Waals surface area contributed by atoms with E-state index in [9.17, 15) is 9.59 Å². The van der Waals surface area contributed by atoms with Crippen LogP contribution in [0.5, 0.6) is 5.75 Å². The third-order valence-electron chi connectivity index (χ3n) is 4.21. The molecule has 0 aliphatic rings. The summed E-state index contributed by atoms with van der Waals surface area (Å²) in [6, 6.07) is 17.0. The second kappa shape index (κ2) is 7.74. The van der Waals surface area contributed by atoms with Crippen LogP contribution < -0.4 is 15.6 Å². The fraction of sp³-hybridized carbons (Fsp3) is 0.200. The van der Waals surface area contributed by atoms with Gasteiger partial charge in [-0.25, -0.2) is 0 Å². The number of nitrogens with zero attached hydrogens (tertiary/aromatic N) is 1. The fourth-order valence-electron chi connectivity index (χ4n) is 2.81. The van der Waals surface area contributed by atoms with Gasteiger partial charge in [0.25, 0.3) is 11.8 Å². The molecule has 6 heteroatoms. The Morgan fingerprint density at radius 2 is 1.77 bits per heavy atom. The Morgan fingerprint density at radius 3 is 2.54 bits per heavy atom. The van der Waals surface area contributed by atoms with Crippen molar-refractivity contribution in [3.63, 3.8) is 0 Å². The van der Waals surface area contributed by atoms with Gasteiger partial charge in [-0.1, -0.05) is 43.3 Å². The highest BCUT2D eigenvalue weighted by atomic mass is 16.5. The SMILES string of the molecule is CCc1ccccc1OCC(=O)NNC(=O)c1cc2ccccc2n1C. The molecule has 1 heterocycles. The Balaban J connectivity index is 1.57. The zero-order valence-electron chi connectivity index (χ0n) is 14.8. The van der Waals surface area contributed by atoms with Gasteiger partial charge in [-0.05, 0) is 30.2 Å². The number of carbonyl (C=O) groups is 2. The number of rotatable bonds is 5. The quantitative estimate of drug-likeness (QED) is 0.694. The summed E-state index contributed by atoms with van der Waals surface area (Å²) in [6.07, 6.45) is 0.815. The van der Waals surface area contributed by atoms with Gasteiger partial charge in [0.15, 0.2) is 6.61 Å². The summed E-state index contributed by atoms with van der Waals surface area (Å²) in [6.45, 7) is 1.85. The van der Waals surface area contributed by atoms with E-state index in [1.54, 1.807) is 10.6 Å². The van der Waals surface area contributed by atoms with Crippen LogP contribution in [-0.2, 0) is 18.3 Å². The summed E-state index contributed by atoms with van der Waals surface area (Å²) in [4.78, 5) is 24.3. The van der Waals surface area contributed by atoms with Crippen LogP contribution >= 0.6 is 0 Å². The fourth-order valence-corrected chi connectivity index (χ4v) is 2.81. The van der Waals surface area contributed by atoms with E-state index < -0.39 is 5.91 Å².